The molecule has 9 heteroatoms. The number of carbonyl (C=O) groups is 2. The number of benzene rings is 3. The summed E-state index contributed by atoms with van der Waals surface area (Å²) < 4.78 is 0. The van der Waals surface area contributed by atoms with Gasteiger partial charge in [-0.15, -0.1) is 0 Å². The molecule has 1 N–H and O–H groups in total. The summed E-state index contributed by atoms with van der Waals surface area (Å²) >= 11 is 0. The van der Waals surface area contributed by atoms with Crippen LogP contribution in [-0.4, -0.2) is 77.3 Å². The molecule has 47 heavy (non-hydrogen) atoms. The van der Waals surface area contributed by atoms with Crippen molar-refractivity contribution in [1.82, 2.24) is 9.80 Å². The van der Waals surface area contributed by atoms with Crippen LogP contribution < -0.4 is 9.80 Å². The van der Waals surface area contributed by atoms with Gasteiger partial charge >= 0.3 is 6.09 Å². The van der Waals surface area contributed by atoms with Gasteiger partial charge in [-0.25, -0.2) is 4.79 Å². The van der Waals surface area contributed by atoms with Gasteiger partial charge in [-0.1, -0.05) is 30.3 Å². The molecule has 2 fully saturated rings. The average molecular weight is 633 g/mol. The number of piperidine rings is 1. The Balaban J connectivity index is 1.41. The predicted molar refractivity (Wildman–Crippen MR) is 184 cm³/mol. The first-order valence-corrected chi connectivity index (χ1v) is 16.3. The smallest absolute Gasteiger partial charge is 0.408 e. The first-order valence-electron chi connectivity index (χ1n) is 16.3. The Kier molecular flexibility index (Phi) is 9.49. The molecular weight excluding hydrogens is 588 g/mol. The number of amides is 2. The number of carboxylic acid groups (broad SMARTS) is 1. The average Bonchev–Trinajstić information content (AvgIpc) is 3.05. The zero-order valence-corrected chi connectivity index (χ0v) is 28.1. The third-order valence-electron chi connectivity index (χ3n) is 9.76. The van der Waals surface area contributed by atoms with E-state index < -0.39 is 17.2 Å². The second kappa shape index (κ2) is 13.4. The first-order chi connectivity index (χ1) is 22.4. The maximum absolute atomic E-state index is 14.0. The van der Waals surface area contributed by atoms with Crippen molar-refractivity contribution in [3.05, 3.63) is 94.0 Å². The second-order valence-electron chi connectivity index (χ2n) is 13.8. The second-order valence-corrected chi connectivity index (χ2v) is 13.8. The molecule has 2 saturated heterocycles. The van der Waals surface area contributed by atoms with Gasteiger partial charge in [0, 0.05) is 50.4 Å². The molecule has 3 aromatic rings. The molecule has 9 nitrogen and oxygen atoms in total. The van der Waals surface area contributed by atoms with Gasteiger partial charge < -0.3 is 19.8 Å². The van der Waals surface area contributed by atoms with Gasteiger partial charge in [-0.3, -0.25) is 9.69 Å². The Morgan fingerprint density at radius 3 is 1.81 bits per heavy atom. The van der Waals surface area contributed by atoms with Gasteiger partial charge in [0.15, 0.2) is 0 Å². The molecule has 0 bridgehead atoms. The van der Waals surface area contributed by atoms with Crippen LogP contribution in [0.15, 0.2) is 60.7 Å². The highest BCUT2D eigenvalue weighted by atomic mass is 16.4. The summed E-state index contributed by atoms with van der Waals surface area (Å²) in [5.41, 5.74) is 5.20. The van der Waals surface area contributed by atoms with Crippen molar-refractivity contribution in [1.29, 1.82) is 10.5 Å². The van der Waals surface area contributed by atoms with Crippen molar-refractivity contribution < 1.29 is 14.7 Å². The van der Waals surface area contributed by atoms with Gasteiger partial charge in [0.25, 0.3) is 5.91 Å². The lowest BCUT2D eigenvalue weighted by Gasteiger charge is -2.53. The zero-order chi connectivity index (χ0) is 33.9. The Morgan fingerprint density at radius 2 is 1.32 bits per heavy atom. The topological polar surface area (TPSA) is 115 Å². The number of aryl methyl sites for hydroxylation is 2. The number of anilines is 2. The third kappa shape index (κ3) is 6.76. The van der Waals surface area contributed by atoms with E-state index in [0.29, 0.717) is 75.2 Å². The Morgan fingerprint density at radius 1 is 0.809 bits per heavy atom. The number of nitrogens with zero attached hydrogens (tertiary/aromatic N) is 6. The lowest BCUT2D eigenvalue weighted by Crippen LogP contribution is -2.64. The number of hydrogen-bond acceptors (Lipinski definition) is 6. The largest absolute Gasteiger partial charge is 0.465 e. The minimum Gasteiger partial charge on any atom is -0.465 e. The summed E-state index contributed by atoms with van der Waals surface area (Å²) in [6.07, 6.45) is 0.688. The van der Waals surface area contributed by atoms with Gasteiger partial charge in [-0.05, 0) is 101 Å². The van der Waals surface area contributed by atoms with E-state index in [1.807, 2.05) is 94.1 Å². The molecule has 0 unspecified atom stereocenters. The number of carbonyl (C=O) groups excluding carboxylic acids is 1. The lowest BCUT2D eigenvalue weighted by atomic mass is 9.76. The van der Waals surface area contributed by atoms with Crippen molar-refractivity contribution >= 4 is 23.4 Å². The van der Waals surface area contributed by atoms with E-state index >= 15 is 0 Å². The van der Waals surface area contributed by atoms with Crippen LogP contribution >= 0.6 is 0 Å². The number of para-hydroxylation sites is 2. The molecule has 2 aliphatic heterocycles. The van der Waals surface area contributed by atoms with E-state index in [4.69, 9.17) is 0 Å². The highest BCUT2D eigenvalue weighted by molar-refractivity contribution is 5.96. The number of hydrogen-bond donors (Lipinski definition) is 1. The van der Waals surface area contributed by atoms with Crippen molar-refractivity contribution in [2.75, 3.05) is 49.1 Å². The minimum atomic E-state index is -0.958. The minimum absolute atomic E-state index is 0.0279. The fraction of sp³-hybridized carbons (Fsp3) is 0.421. The summed E-state index contributed by atoms with van der Waals surface area (Å²) in [4.78, 5) is 34.8. The van der Waals surface area contributed by atoms with E-state index in [2.05, 4.69) is 28.0 Å². The predicted octanol–water partition coefficient (Wildman–Crippen LogP) is 6.37. The molecule has 244 valence electrons. The molecule has 0 saturated carbocycles. The molecule has 0 aromatic heterocycles. The molecule has 2 amide bonds. The standard InChI is InChI=1S/C38H44N6O3/c1-27-22-28(2)32(35(45)43-20-18-42(19-21-43)34-13-9-7-11-30(34)26-40)23-31(27)24-38(44(36(46)47)37(3,4)5)14-16-41(17-15-38)33-12-8-6-10-29(33)25-39/h6-13,22-23H,14-21,24H2,1-5H3,(H,46,47). The normalized spacial score (nSPS) is 16.3. The molecule has 0 atom stereocenters. The Labute approximate surface area is 278 Å². The van der Waals surface area contributed by atoms with E-state index in [9.17, 15) is 25.2 Å². The van der Waals surface area contributed by atoms with Gasteiger partial charge in [-0.2, -0.15) is 10.5 Å². The zero-order valence-electron chi connectivity index (χ0n) is 28.1. The van der Waals surface area contributed by atoms with E-state index in [1.54, 1.807) is 4.90 Å². The van der Waals surface area contributed by atoms with Crippen LogP contribution in [0.3, 0.4) is 0 Å². The first kappa shape index (κ1) is 33.3. The number of nitriles is 2. The Hall–Kier alpha value is -5.02. The highest BCUT2D eigenvalue weighted by Gasteiger charge is 2.47. The van der Waals surface area contributed by atoms with E-state index in [-0.39, 0.29) is 5.91 Å². The van der Waals surface area contributed by atoms with Crippen molar-refractivity contribution in [2.24, 2.45) is 0 Å². The third-order valence-corrected chi connectivity index (χ3v) is 9.76. The van der Waals surface area contributed by atoms with E-state index in [1.165, 1.54) is 0 Å². The van der Waals surface area contributed by atoms with Crippen LogP contribution in [0.5, 0.6) is 0 Å². The highest BCUT2D eigenvalue weighted by Crippen LogP contribution is 2.40. The summed E-state index contributed by atoms with van der Waals surface area (Å²) in [5, 5.41) is 29.9. The van der Waals surface area contributed by atoms with E-state index in [0.717, 1.165) is 28.1 Å². The van der Waals surface area contributed by atoms with Crippen LogP contribution in [0.4, 0.5) is 16.2 Å². The monoisotopic (exact) mass is 632 g/mol. The molecule has 0 aliphatic carbocycles. The maximum atomic E-state index is 14.0. The molecule has 0 radical (unpaired) electrons. The van der Waals surface area contributed by atoms with Crippen LogP contribution in [-0.2, 0) is 6.42 Å². The molecule has 2 heterocycles. The molecule has 0 spiro atoms. The maximum Gasteiger partial charge on any atom is 0.408 e. The molecular formula is C38H44N6O3. The van der Waals surface area contributed by atoms with Crippen LogP contribution in [0.1, 0.15) is 71.8 Å². The lowest BCUT2D eigenvalue weighted by molar-refractivity contribution is 0.00147. The quantitative estimate of drug-likeness (QED) is 0.336. The van der Waals surface area contributed by atoms with Crippen LogP contribution in [0.25, 0.3) is 0 Å². The number of piperazine rings is 1. The van der Waals surface area contributed by atoms with Crippen LogP contribution in [0.2, 0.25) is 0 Å². The van der Waals surface area contributed by atoms with Gasteiger partial charge in [0.1, 0.15) is 12.1 Å². The molecule has 2 aliphatic rings. The van der Waals surface area contributed by atoms with Crippen molar-refractivity contribution in [3.8, 4) is 12.1 Å². The molecule has 5 rings (SSSR count). The summed E-state index contributed by atoms with van der Waals surface area (Å²) in [6.45, 7) is 13.4. The van der Waals surface area contributed by atoms with Crippen molar-refractivity contribution in [3.63, 3.8) is 0 Å². The van der Waals surface area contributed by atoms with Crippen molar-refractivity contribution in [2.45, 2.75) is 65.0 Å². The molecule has 3 aromatic carbocycles. The summed E-state index contributed by atoms with van der Waals surface area (Å²) in [5.74, 6) is -0.0279. The summed E-state index contributed by atoms with van der Waals surface area (Å²) in [7, 11) is 0. The van der Waals surface area contributed by atoms with Crippen LogP contribution in [0, 0.1) is 36.5 Å². The van der Waals surface area contributed by atoms with Gasteiger partial charge in [0.05, 0.1) is 28.0 Å². The SMILES string of the molecule is Cc1cc(C)c(C(=O)N2CCN(c3ccccc3C#N)CC2)cc1CC1(N(C(=O)O)C(C)(C)C)CCN(c2ccccc2C#N)CC1. The van der Waals surface area contributed by atoms with Gasteiger partial charge in [0.2, 0.25) is 0 Å². The number of rotatable bonds is 6. The fourth-order valence-electron chi connectivity index (χ4n) is 7.53. The summed E-state index contributed by atoms with van der Waals surface area (Å²) in [6, 6.07) is 23.7. The fourth-order valence-corrected chi connectivity index (χ4v) is 7.53. The Bertz CT molecular complexity index is 1730.